The summed E-state index contributed by atoms with van der Waals surface area (Å²) in [7, 11) is 0. The van der Waals surface area contributed by atoms with Crippen LogP contribution in [0.25, 0.3) is 6.08 Å². The number of urea groups is 1. The summed E-state index contributed by atoms with van der Waals surface area (Å²) in [5.74, 6) is -1.55. The van der Waals surface area contributed by atoms with Crippen LogP contribution in [0.1, 0.15) is 5.56 Å². The first-order valence-electron chi connectivity index (χ1n) is 8.11. The highest BCUT2D eigenvalue weighted by atomic mass is 79.9. The molecular weight excluding hydrogens is 431 g/mol. The number of hydrogen-bond acceptors (Lipinski definition) is 4. The molecule has 4 amide bonds. The number of imide groups is 2. The van der Waals surface area contributed by atoms with Crippen LogP contribution in [0.15, 0.2) is 65.2 Å². The van der Waals surface area contributed by atoms with E-state index < -0.39 is 23.7 Å². The summed E-state index contributed by atoms with van der Waals surface area (Å²) in [5.41, 5.74) is 0.469. The van der Waals surface area contributed by atoms with Gasteiger partial charge in [0.15, 0.2) is 0 Å². The Balaban J connectivity index is 1.93. The van der Waals surface area contributed by atoms with E-state index in [0.29, 0.717) is 22.4 Å². The van der Waals surface area contributed by atoms with Gasteiger partial charge in [0.1, 0.15) is 23.7 Å². The fraction of sp³-hybridized carbons (Fsp3) is 0.0500. The van der Waals surface area contributed by atoms with E-state index in [4.69, 9.17) is 4.74 Å². The minimum atomic E-state index is -0.895. The Morgan fingerprint density at radius 2 is 1.86 bits per heavy atom. The molecule has 28 heavy (non-hydrogen) atoms. The highest BCUT2D eigenvalue weighted by Gasteiger charge is 2.36. The summed E-state index contributed by atoms with van der Waals surface area (Å²) in [6.07, 6.45) is 2.97. The number of rotatable bonds is 5. The zero-order valence-corrected chi connectivity index (χ0v) is 16.0. The van der Waals surface area contributed by atoms with Gasteiger partial charge in [0.2, 0.25) is 0 Å². The Labute approximate surface area is 168 Å². The molecule has 8 heteroatoms. The van der Waals surface area contributed by atoms with Gasteiger partial charge >= 0.3 is 6.03 Å². The van der Waals surface area contributed by atoms with Crippen LogP contribution in [-0.4, -0.2) is 24.5 Å². The van der Waals surface area contributed by atoms with Crippen LogP contribution in [-0.2, 0) is 9.59 Å². The number of carbonyl (C=O) groups is 3. The first kappa shape index (κ1) is 19.5. The third-order valence-corrected chi connectivity index (χ3v) is 4.43. The van der Waals surface area contributed by atoms with E-state index in [0.717, 1.165) is 17.0 Å². The number of anilines is 1. The van der Waals surface area contributed by atoms with E-state index in [1.807, 2.05) is 0 Å². The first-order valence-corrected chi connectivity index (χ1v) is 8.90. The van der Waals surface area contributed by atoms with E-state index in [9.17, 15) is 18.8 Å². The van der Waals surface area contributed by atoms with E-state index in [2.05, 4.69) is 27.8 Å². The predicted octanol–water partition coefficient (Wildman–Crippen LogP) is 3.82. The fourth-order valence-corrected chi connectivity index (χ4v) is 3.03. The van der Waals surface area contributed by atoms with Crippen LogP contribution in [0.2, 0.25) is 0 Å². The topological polar surface area (TPSA) is 75.7 Å². The van der Waals surface area contributed by atoms with Gasteiger partial charge < -0.3 is 4.74 Å². The molecule has 1 saturated heterocycles. The van der Waals surface area contributed by atoms with Crippen LogP contribution in [0.4, 0.5) is 14.9 Å². The average molecular weight is 445 g/mol. The van der Waals surface area contributed by atoms with Crippen molar-refractivity contribution in [1.82, 2.24) is 5.32 Å². The smallest absolute Gasteiger partial charge is 0.335 e. The molecule has 3 rings (SSSR count). The number of ether oxygens (including phenoxy) is 1. The Morgan fingerprint density at radius 3 is 2.50 bits per heavy atom. The van der Waals surface area contributed by atoms with E-state index in [-0.39, 0.29) is 11.3 Å². The molecule has 0 radical (unpaired) electrons. The van der Waals surface area contributed by atoms with Gasteiger partial charge in [-0.1, -0.05) is 18.7 Å². The minimum absolute atomic E-state index is 0.150. The summed E-state index contributed by atoms with van der Waals surface area (Å²) in [4.78, 5) is 37.9. The lowest BCUT2D eigenvalue weighted by Gasteiger charge is -2.26. The zero-order valence-electron chi connectivity index (χ0n) is 14.4. The van der Waals surface area contributed by atoms with Crippen molar-refractivity contribution in [3.05, 3.63) is 76.5 Å². The first-order chi connectivity index (χ1) is 13.4. The molecule has 2 aromatic rings. The summed E-state index contributed by atoms with van der Waals surface area (Å²) < 4.78 is 19.2. The van der Waals surface area contributed by atoms with Crippen LogP contribution < -0.4 is 15.0 Å². The highest BCUT2D eigenvalue weighted by Crippen LogP contribution is 2.28. The maximum Gasteiger partial charge on any atom is 0.335 e. The summed E-state index contributed by atoms with van der Waals surface area (Å²) in [6.45, 7) is 3.90. The second-order valence-corrected chi connectivity index (χ2v) is 6.58. The van der Waals surface area contributed by atoms with Crippen LogP contribution in [0.3, 0.4) is 0 Å². The monoisotopic (exact) mass is 444 g/mol. The highest BCUT2D eigenvalue weighted by molar-refractivity contribution is 9.10. The Morgan fingerprint density at radius 1 is 1.14 bits per heavy atom. The van der Waals surface area contributed by atoms with Crippen molar-refractivity contribution in [2.24, 2.45) is 0 Å². The molecule has 6 nitrogen and oxygen atoms in total. The number of nitrogens with one attached hydrogen (secondary N) is 1. The molecule has 142 valence electrons. The standard InChI is InChI=1S/C20H14BrFN2O4/c1-2-9-28-17-8-3-12(11-16(17)21)10-15-18(25)23-20(27)24(19(15)26)14-6-4-13(22)5-7-14/h2-8,10-11H,1,9H2,(H,23,25,27). The largest absolute Gasteiger partial charge is 0.488 e. The lowest BCUT2D eigenvalue weighted by molar-refractivity contribution is -0.122. The van der Waals surface area contributed by atoms with Gasteiger partial charge in [-0.2, -0.15) is 0 Å². The molecule has 0 spiro atoms. The molecule has 1 N–H and O–H groups in total. The number of amides is 4. The van der Waals surface area contributed by atoms with Gasteiger partial charge in [-0.15, -0.1) is 0 Å². The second-order valence-electron chi connectivity index (χ2n) is 5.72. The van der Waals surface area contributed by atoms with Gasteiger partial charge in [0.25, 0.3) is 11.8 Å². The summed E-state index contributed by atoms with van der Waals surface area (Å²) >= 11 is 3.36. The van der Waals surface area contributed by atoms with Gasteiger partial charge in [-0.05, 0) is 64.0 Å². The summed E-state index contributed by atoms with van der Waals surface area (Å²) in [6, 6.07) is 8.91. The van der Waals surface area contributed by atoms with E-state index in [1.54, 1.807) is 24.3 Å². The number of halogens is 2. The van der Waals surface area contributed by atoms with Crippen molar-refractivity contribution in [2.45, 2.75) is 0 Å². The number of barbiturate groups is 1. The van der Waals surface area contributed by atoms with Crippen molar-refractivity contribution in [3.8, 4) is 5.75 Å². The third kappa shape index (κ3) is 4.01. The van der Waals surface area contributed by atoms with Gasteiger partial charge in [-0.3, -0.25) is 14.9 Å². The maximum atomic E-state index is 13.1. The minimum Gasteiger partial charge on any atom is -0.488 e. The molecule has 1 heterocycles. The lowest BCUT2D eigenvalue weighted by Crippen LogP contribution is -2.54. The van der Waals surface area contributed by atoms with Crippen LogP contribution >= 0.6 is 15.9 Å². The number of carbonyl (C=O) groups excluding carboxylic acids is 3. The molecule has 0 unspecified atom stereocenters. The quantitative estimate of drug-likeness (QED) is 0.432. The Kier molecular flexibility index (Phi) is 5.70. The van der Waals surface area contributed by atoms with Gasteiger partial charge in [0, 0.05) is 0 Å². The van der Waals surface area contributed by atoms with Crippen molar-refractivity contribution in [3.63, 3.8) is 0 Å². The van der Waals surface area contributed by atoms with Crippen LogP contribution in [0.5, 0.6) is 5.75 Å². The van der Waals surface area contributed by atoms with Crippen molar-refractivity contribution < 1.29 is 23.5 Å². The Hall–Kier alpha value is -3.26. The Bertz CT molecular complexity index is 1000. The molecular formula is C20H14BrFN2O4. The molecule has 0 atom stereocenters. The molecule has 1 aliphatic heterocycles. The van der Waals surface area contributed by atoms with Crippen LogP contribution in [0, 0.1) is 5.82 Å². The van der Waals surface area contributed by atoms with Gasteiger partial charge in [-0.25, -0.2) is 14.1 Å². The number of benzene rings is 2. The molecule has 1 fully saturated rings. The van der Waals surface area contributed by atoms with Crippen molar-refractivity contribution in [2.75, 3.05) is 11.5 Å². The summed E-state index contributed by atoms with van der Waals surface area (Å²) in [5, 5.41) is 2.11. The molecule has 2 aromatic carbocycles. The average Bonchev–Trinajstić information content (AvgIpc) is 2.66. The predicted molar refractivity (Wildman–Crippen MR) is 105 cm³/mol. The lowest BCUT2D eigenvalue weighted by atomic mass is 10.1. The van der Waals surface area contributed by atoms with Gasteiger partial charge in [0.05, 0.1) is 10.2 Å². The molecule has 0 aliphatic carbocycles. The second kappa shape index (κ2) is 8.18. The molecule has 1 aliphatic rings. The molecule has 0 saturated carbocycles. The SMILES string of the molecule is C=CCOc1ccc(C=C2C(=O)NC(=O)N(c3ccc(F)cc3)C2=O)cc1Br. The maximum absolute atomic E-state index is 13.1. The van der Waals surface area contributed by atoms with E-state index >= 15 is 0 Å². The van der Waals surface area contributed by atoms with Crippen molar-refractivity contribution >= 4 is 45.5 Å². The number of hydrogen-bond donors (Lipinski definition) is 1. The molecule has 0 bridgehead atoms. The normalized spacial score (nSPS) is 15.6. The van der Waals surface area contributed by atoms with Crippen molar-refractivity contribution in [1.29, 1.82) is 0 Å². The number of nitrogens with zero attached hydrogens (tertiary/aromatic N) is 1. The fourth-order valence-electron chi connectivity index (χ4n) is 2.52. The third-order valence-electron chi connectivity index (χ3n) is 3.81. The zero-order chi connectivity index (χ0) is 20.3. The van der Waals surface area contributed by atoms with E-state index in [1.165, 1.54) is 18.2 Å². The molecule has 0 aromatic heterocycles.